The minimum Gasteiger partial charge on any atom is -0.481 e. The van der Waals surface area contributed by atoms with Gasteiger partial charge in [0.25, 0.3) is 0 Å². The van der Waals surface area contributed by atoms with Crippen molar-refractivity contribution in [2.24, 2.45) is 0 Å². The number of pyridine rings is 2. The van der Waals surface area contributed by atoms with E-state index < -0.39 is 6.10 Å². The Morgan fingerprint density at radius 1 is 1.24 bits per heavy atom. The van der Waals surface area contributed by atoms with E-state index in [0.717, 1.165) is 42.7 Å². The second kappa shape index (κ2) is 9.22. The van der Waals surface area contributed by atoms with Crippen molar-refractivity contribution in [3.63, 3.8) is 0 Å². The first-order chi connectivity index (χ1) is 16.7. The zero-order chi connectivity index (χ0) is 23.1. The SMILES string of the molecule is COc1ccc2nccc(C(O)CN3C4CCC3CC(NCN3C=c5cnsc5=CC3)C4)c2n1. The van der Waals surface area contributed by atoms with Crippen LogP contribution in [0, 0.1) is 0 Å². The van der Waals surface area contributed by atoms with Gasteiger partial charge in [-0.3, -0.25) is 15.2 Å². The van der Waals surface area contributed by atoms with Crippen LogP contribution >= 0.6 is 11.5 Å². The highest BCUT2D eigenvalue weighted by Gasteiger charge is 2.41. The summed E-state index contributed by atoms with van der Waals surface area (Å²) >= 11 is 1.56. The van der Waals surface area contributed by atoms with Crippen LogP contribution in [-0.2, 0) is 0 Å². The molecule has 178 valence electrons. The Bertz CT molecular complexity index is 1280. The zero-order valence-electron chi connectivity index (χ0n) is 19.3. The number of nitrogens with one attached hydrogen (secondary N) is 1. The molecule has 0 aliphatic carbocycles. The van der Waals surface area contributed by atoms with Crippen LogP contribution in [0.5, 0.6) is 5.88 Å². The normalized spacial score (nSPS) is 25.0. The number of methoxy groups -OCH3 is 1. The molecular weight excluding hydrogens is 448 g/mol. The predicted octanol–water partition coefficient (Wildman–Crippen LogP) is 1.21. The Balaban J connectivity index is 1.10. The summed E-state index contributed by atoms with van der Waals surface area (Å²) in [5.74, 6) is 0.538. The summed E-state index contributed by atoms with van der Waals surface area (Å²) in [6.45, 7) is 2.41. The van der Waals surface area contributed by atoms with Crippen molar-refractivity contribution >= 4 is 34.8 Å². The van der Waals surface area contributed by atoms with Crippen molar-refractivity contribution < 1.29 is 9.84 Å². The minimum atomic E-state index is -0.607. The molecule has 3 atom stereocenters. The number of hydrogen-bond donors (Lipinski definition) is 2. The average Bonchev–Trinajstić information content (AvgIpc) is 3.42. The second-order valence-corrected chi connectivity index (χ2v) is 10.3. The Kier molecular flexibility index (Phi) is 5.94. The minimum absolute atomic E-state index is 0.506. The molecule has 2 saturated heterocycles. The largest absolute Gasteiger partial charge is 0.481 e. The number of fused-ring (bicyclic) bond motifs is 4. The standard InChI is InChI=1S/C25H30N6O2S/c1-33-24-5-4-21-25(29-24)20(6-8-26-21)22(32)14-31-18-2-3-19(31)11-17(10-18)27-15-30-9-7-23-16(13-30)12-28-34-23/h4-8,12-13,17-19,22,27,32H,2-3,9-11,14-15H2,1H3. The van der Waals surface area contributed by atoms with Crippen molar-refractivity contribution in [2.75, 3.05) is 26.9 Å². The van der Waals surface area contributed by atoms with Gasteiger partial charge in [0, 0.05) is 66.7 Å². The van der Waals surface area contributed by atoms with Crippen molar-refractivity contribution in [3.05, 3.63) is 45.9 Å². The van der Waals surface area contributed by atoms with E-state index in [2.05, 4.69) is 41.7 Å². The number of rotatable bonds is 7. The fraction of sp³-hybridized carbons (Fsp3) is 0.480. The number of hydrogen-bond acceptors (Lipinski definition) is 9. The van der Waals surface area contributed by atoms with E-state index in [1.807, 2.05) is 18.3 Å². The van der Waals surface area contributed by atoms with Gasteiger partial charge in [-0.25, -0.2) is 4.98 Å². The fourth-order valence-electron chi connectivity index (χ4n) is 5.76. The summed E-state index contributed by atoms with van der Waals surface area (Å²) in [4.78, 5) is 13.8. The van der Waals surface area contributed by atoms with E-state index in [-0.39, 0.29) is 0 Å². The Morgan fingerprint density at radius 2 is 2.09 bits per heavy atom. The van der Waals surface area contributed by atoms with E-state index in [1.165, 1.54) is 22.6 Å². The van der Waals surface area contributed by atoms with E-state index in [1.54, 1.807) is 30.9 Å². The van der Waals surface area contributed by atoms with Gasteiger partial charge in [0.05, 0.1) is 35.4 Å². The second-order valence-electron chi connectivity index (χ2n) is 9.50. The molecule has 0 aromatic carbocycles. The number of aliphatic hydroxyl groups excluding tert-OH is 1. The van der Waals surface area contributed by atoms with E-state index in [4.69, 9.17) is 4.74 Å². The Morgan fingerprint density at radius 3 is 2.91 bits per heavy atom. The highest BCUT2D eigenvalue weighted by Crippen LogP contribution is 2.37. The smallest absolute Gasteiger partial charge is 0.213 e. The number of ether oxygens (including phenoxy) is 1. The summed E-state index contributed by atoms with van der Waals surface area (Å²) in [6.07, 6.45) is 12.2. The molecule has 3 aromatic heterocycles. The van der Waals surface area contributed by atoms with E-state index in [0.29, 0.717) is 30.6 Å². The predicted molar refractivity (Wildman–Crippen MR) is 133 cm³/mol. The molecule has 9 heteroatoms. The molecule has 0 spiro atoms. The van der Waals surface area contributed by atoms with Gasteiger partial charge in [0.15, 0.2) is 0 Å². The number of aromatic nitrogens is 3. The first-order valence-corrected chi connectivity index (χ1v) is 12.8. The lowest BCUT2D eigenvalue weighted by molar-refractivity contribution is 0.0510. The maximum absolute atomic E-state index is 11.2. The molecule has 8 nitrogen and oxygen atoms in total. The lowest BCUT2D eigenvalue weighted by Crippen LogP contribution is -2.51. The van der Waals surface area contributed by atoms with Gasteiger partial charge < -0.3 is 14.7 Å². The van der Waals surface area contributed by atoms with Crippen LogP contribution in [0.2, 0.25) is 0 Å². The molecule has 2 fully saturated rings. The van der Waals surface area contributed by atoms with Crippen molar-refractivity contribution in [1.29, 1.82) is 0 Å². The summed E-state index contributed by atoms with van der Waals surface area (Å²) < 4.78 is 10.9. The van der Waals surface area contributed by atoms with Gasteiger partial charge in [-0.2, -0.15) is 4.37 Å². The summed E-state index contributed by atoms with van der Waals surface area (Å²) in [6, 6.07) is 7.10. The molecular formula is C25H30N6O2S. The molecule has 6 rings (SSSR count). The average molecular weight is 479 g/mol. The number of nitrogens with zero attached hydrogens (tertiary/aromatic N) is 5. The van der Waals surface area contributed by atoms with Gasteiger partial charge in [-0.05, 0) is 55.4 Å². The lowest BCUT2D eigenvalue weighted by Gasteiger charge is -2.40. The van der Waals surface area contributed by atoms with Crippen LogP contribution in [0.3, 0.4) is 0 Å². The Hall–Kier alpha value is -2.59. The Labute approximate surface area is 202 Å². The topological polar surface area (TPSA) is 86.6 Å². The molecule has 2 N–H and O–H groups in total. The number of aliphatic hydroxyl groups is 1. The number of piperidine rings is 1. The van der Waals surface area contributed by atoms with Crippen molar-refractivity contribution in [1.82, 2.24) is 29.5 Å². The molecule has 6 heterocycles. The van der Waals surface area contributed by atoms with Crippen LogP contribution in [0.4, 0.5) is 0 Å². The molecule has 3 aromatic rings. The van der Waals surface area contributed by atoms with Gasteiger partial charge in [0.2, 0.25) is 5.88 Å². The monoisotopic (exact) mass is 478 g/mol. The van der Waals surface area contributed by atoms with Crippen LogP contribution in [0.1, 0.15) is 37.4 Å². The fourth-order valence-corrected chi connectivity index (χ4v) is 6.40. The van der Waals surface area contributed by atoms with Crippen molar-refractivity contribution in [3.8, 4) is 5.88 Å². The van der Waals surface area contributed by atoms with Crippen LogP contribution in [0.15, 0.2) is 30.6 Å². The quantitative estimate of drug-likeness (QED) is 0.524. The third-order valence-electron chi connectivity index (χ3n) is 7.47. The lowest BCUT2D eigenvalue weighted by atomic mass is 9.96. The van der Waals surface area contributed by atoms with Crippen LogP contribution in [-0.4, -0.2) is 74.2 Å². The summed E-state index contributed by atoms with van der Waals surface area (Å²) in [7, 11) is 1.61. The van der Waals surface area contributed by atoms with E-state index in [9.17, 15) is 5.11 Å². The maximum Gasteiger partial charge on any atom is 0.213 e. The molecule has 3 aliphatic rings. The van der Waals surface area contributed by atoms with Gasteiger partial charge in [0.1, 0.15) is 0 Å². The zero-order valence-corrected chi connectivity index (χ0v) is 20.1. The van der Waals surface area contributed by atoms with Crippen LogP contribution in [0.25, 0.3) is 23.3 Å². The molecule has 34 heavy (non-hydrogen) atoms. The van der Waals surface area contributed by atoms with Gasteiger partial charge >= 0.3 is 0 Å². The molecule has 3 unspecified atom stereocenters. The first kappa shape index (κ1) is 21.9. The first-order valence-electron chi connectivity index (χ1n) is 12.0. The van der Waals surface area contributed by atoms with Gasteiger partial charge in [-0.15, -0.1) is 0 Å². The van der Waals surface area contributed by atoms with Crippen LogP contribution < -0.4 is 19.8 Å². The molecule has 3 aliphatic heterocycles. The maximum atomic E-state index is 11.2. The third-order valence-corrected chi connectivity index (χ3v) is 8.28. The molecule has 2 bridgehead atoms. The highest BCUT2D eigenvalue weighted by molar-refractivity contribution is 7.03. The van der Waals surface area contributed by atoms with Crippen molar-refractivity contribution in [2.45, 2.75) is 49.9 Å². The third kappa shape index (κ3) is 4.17. The highest BCUT2D eigenvalue weighted by atomic mass is 32.1. The molecule has 0 radical (unpaired) electrons. The summed E-state index contributed by atoms with van der Waals surface area (Å²) in [5, 5.41) is 16.2. The molecule has 0 amide bonds. The van der Waals surface area contributed by atoms with E-state index >= 15 is 0 Å². The molecule has 0 saturated carbocycles. The summed E-state index contributed by atoms with van der Waals surface area (Å²) in [5.41, 5.74) is 2.32. The van der Waals surface area contributed by atoms with Gasteiger partial charge in [-0.1, -0.05) is 0 Å².